The quantitative estimate of drug-likeness (QED) is 0.183. The Kier molecular flexibility index (Phi) is 6.39. The molecule has 6 aromatic rings. The highest BCUT2D eigenvalue weighted by Gasteiger charge is 2.41. The summed E-state index contributed by atoms with van der Waals surface area (Å²) in [5.41, 5.74) is 12.1. The first-order chi connectivity index (χ1) is 23.3. The molecule has 0 spiro atoms. The monoisotopic (exact) mass is 624 g/mol. The zero-order valence-electron chi connectivity index (χ0n) is 27.8. The standard InChI is InChI=1S/C43H37BN2O2/c1-42(2)22-23-43(3,4)34-25-28(15-18-33(34)42)29-16-19-35-38(26-29)47-37-21-24-45-41-40(37)44(35)36-20-17-32(27-39(36)48-41)46(30-11-7-5-8-12-30)31-13-9-6-10-14-31/h5-21,24-27H,22-23H2,1-4H3. The second-order valence-corrected chi connectivity index (χ2v) is 14.7. The summed E-state index contributed by atoms with van der Waals surface area (Å²) in [6.07, 6.45) is 4.18. The largest absolute Gasteiger partial charge is 0.458 e. The molecule has 5 heteroatoms. The van der Waals surface area contributed by atoms with Crippen molar-refractivity contribution < 1.29 is 9.47 Å². The van der Waals surface area contributed by atoms with Crippen LogP contribution in [0.2, 0.25) is 0 Å². The van der Waals surface area contributed by atoms with Crippen LogP contribution in [-0.2, 0) is 10.8 Å². The smallest absolute Gasteiger partial charge is 0.262 e. The van der Waals surface area contributed by atoms with Gasteiger partial charge in [0.1, 0.15) is 17.2 Å². The lowest BCUT2D eigenvalue weighted by molar-refractivity contribution is 0.332. The van der Waals surface area contributed by atoms with E-state index in [0.717, 1.165) is 56.3 Å². The van der Waals surface area contributed by atoms with Crippen LogP contribution in [0.25, 0.3) is 11.1 Å². The number of benzene rings is 5. The van der Waals surface area contributed by atoms with Gasteiger partial charge in [0.25, 0.3) is 6.71 Å². The van der Waals surface area contributed by atoms with Gasteiger partial charge in [-0.15, -0.1) is 0 Å². The zero-order valence-corrected chi connectivity index (χ0v) is 27.8. The summed E-state index contributed by atoms with van der Waals surface area (Å²) < 4.78 is 13.2. The van der Waals surface area contributed by atoms with Gasteiger partial charge < -0.3 is 14.4 Å². The number of para-hydroxylation sites is 2. The fourth-order valence-corrected chi connectivity index (χ4v) is 7.97. The summed E-state index contributed by atoms with van der Waals surface area (Å²) in [5, 5.41) is 0. The summed E-state index contributed by atoms with van der Waals surface area (Å²) >= 11 is 0. The molecule has 2 aliphatic heterocycles. The highest BCUT2D eigenvalue weighted by Crippen LogP contribution is 2.47. The van der Waals surface area contributed by atoms with Crippen LogP contribution in [0.5, 0.6) is 23.1 Å². The number of nitrogens with zero attached hydrogens (tertiary/aromatic N) is 2. The number of rotatable bonds is 4. The minimum Gasteiger partial charge on any atom is -0.458 e. The number of aromatic nitrogens is 1. The maximum atomic E-state index is 6.64. The molecule has 0 atom stereocenters. The molecule has 0 unspecified atom stereocenters. The lowest BCUT2D eigenvalue weighted by Crippen LogP contribution is -2.57. The Labute approximate surface area is 283 Å². The van der Waals surface area contributed by atoms with E-state index in [0.29, 0.717) is 5.88 Å². The lowest BCUT2D eigenvalue weighted by Gasteiger charge is -2.42. The zero-order chi connectivity index (χ0) is 32.6. The molecule has 0 saturated heterocycles. The Morgan fingerprint density at radius 1 is 0.562 bits per heavy atom. The first kappa shape index (κ1) is 28.9. The van der Waals surface area contributed by atoms with E-state index >= 15 is 0 Å². The first-order valence-electron chi connectivity index (χ1n) is 16.9. The second kappa shape index (κ2) is 10.6. The van der Waals surface area contributed by atoms with E-state index in [1.807, 2.05) is 18.2 Å². The summed E-state index contributed by atoms with van der Waals surface area (Å²) in [6.45, 7) is 9.48. The van der Waals surface area contributed by atoms with Gasteiger partial charge in [0.2, 0.25) is 5.88 Å². The van der Waals surface area contributed by atoms with E-state index < -0.39 is 0 Å². The molecule has 0 bridgehead atoms. The van der Waals surface area contributed by atoms with Gasteiger partial charge in [-0.2, -0.15) is 0 Å². The molecule has 0 radical (unpaired) electrons. The third kappa shape index (κ3) is 4.56. The van der Waals surface area contributed by atoms with Crippen molar-refractivity contribution in [2.24, 2.45) is 0 Å². The molecule has 5 aromatic carbocycles. The van der Waals surface area contributed by atoms with Crippen LogP contribution in [0.3, 0.4) is 0 Å². The topological polar surface area (TPSA) is 34.6 Å². The second-order valence-electron chi connectivity index (χ2n) is 14.7. The number of fused-ring (bicyclic) bond motifs is 5. The van der Waals surface area contributed by atoms with Gasteiger partial charge >= 0.3 is 0 Å². The maximum absolute atomic E-state index is 6.64. The van der Waals surface area contributed by atoms with Crippen molar-refractivity contribution in [2.45, 2.75) is 51.4 Å². The normalized spacial score (nSPS) is 16.0. The van der Waals surface area contributed by atoms with E-state index in [-0.39, 0.29) is 17.5 Å². The van der Waals surface area contributed by atoms with E-state index in [1.165, 1.54) is 29.5 Å². The number of anilines is 3. The highest BCUT2D eigenvalue weighted by atomic mass is 16.5. The average molecular weight is 625 g/mol. The van der Waals surface area contributed by atoms with Crippen molar-refractivity contribution in [3.8, 4) is 34.3 Å². The summed E-state index contributed by atoms with van der Waals surface area (Å²) in [5.74, 6) is 3.09. The van der Waals surface area contributed by atoms with Gasteiger partial charge in [-0.3, -0.25) is 0 Å². The molecule has 0 saturated carbocycles. The Balaban J connectivity index is 1.15. The van der Waals surface area contributed by atoms with Gasteiger partial charge in [0, 0.05) is 34.8 Å². The molecule has 1 aromatic heterocycles. The SMILES string of the molecule is CC1(C)CCC(C)(C)c2cc(-c3ccc4c(c3)Oc3ccnc5c3B4c3ccc(N(c4ccccc4)c4ccccc4)cc3O5)ccc21. The minimum absolute atomic E-state index is 0.0514. The highest BCUT2D eigenvalue weighted by molar-refractivity contribution is 6.98. The van der Waals surface area contributed by atoms with Crippen LogP contribution in [0.4, 0.5) is 17.1 Å². The summed E-state index contributed by atoms with van der Waals surface area (Å²) in [4.78, 5) is 6.95. The molecule has 9 rings (SSSR count). The Morgan fingerprint density at radius 2 is 1.17 bits per heavy atom. The number of hydrogen-bond acceptors (Lipinski definition) is 4. The Morgan fingerprint density at radius 3 is 1.88 bits per heavy atom. The van der Waals surface area contributed by atoms with Crippen LogP contribution >= 0.6 is 0 Å². The molecule has 0 N–H and O–H groups in total. The average Bonchev–Trinajstić information content (AvgIpc) is 3.11. The third-order valence-corrected chi connectivity index (χ3v) is 10.7. The molecule has 1 aliphatic carbocycles. The number of hydrogen-bond donors (Lipinski definition) is 0. The summed E-state index contributed by atoms with van der Waals surface area (Å²) in [7, 11) is 0. The van der Waals surface area contributed by atoms with E-state index in [1.54, 1.807) is 6.20 Å². The fourth-order valence-electron chi connectivity index (χ4n) is 7.97. The molecule has 0 amide bonds. The maximum Gasteiger partial charge on any atom is 0.262 e. The first-order valence-corrected chi connectivity index (χ1v) is 16.9. The van der Waals surface area contributed by atoms with Crippen molar-refractivity contribution in [3.63, 3.8) is 0 Å². The molecule has 0 fully saturated rings. The predicted octanol–water partition coefficient (Wildman–Crippen LogP) is 9.29. The van der Waals surface area contributed by atoms with Crippen LogP contribution in [-0.4, -0.2) is 11.7 Å². The fraction of sp³-hybridized carbons (Fsp3) is 0.186. The van der Waals surface area contributed by atoms with Crippen molar-refractivity contribution in [1.29, 1.82) is 0 Å². The van der Waals surface area contributed by atoms with E-state index in [4.69, 9.17) is 14.5 Å². The van der Waals surface area contributed by atoms with Gasteiger partial charge in [-0.25, -0.2) is 4.98 Å². The van der Waals surface area contributed by atoms with Crippen LogP contribution < -0.4 is 30.8 Å². The number of ether oxygens (including phenoxy) is 2. The molecule has 234 valence electrons. The van der Waals surface area contributed by atoms with E-state index in [9.17, 15) is 0 Å². The Bertz CT molecular complexity index is 2170. The molecule has 3 heterocycles. The minimum atomic E-state index is -0.0514. The van der Waals surface area contributed by atoms with Crippen LogP contribution in [0.1, 0.15) is 51.7 Å². The molecule has 48 heavy (non-hydrogen) atoms. The molecule has 3 aliphatic rings. The van der Waals surface area contributed by atoms with Crippen molar-refractivity contribution >= 4 is 40.2 Å². The summed E-state index contributed by atoms with van der Waals surface area (Å²) in [6, 6.07) is 43.2. The van der Waals surface area contributed by atoms with Crippen molar-refractivity contribution in [3.05, 3.63) is 139 Å². The lowest BCUT2D eigenvalue weighted by atomic mass is 9.35. The number of pyridine rings is 1. The molecule has 4 nitrogen and oxygen atoms in total. The van der Waals surface area contributed by atoms with Gasteiger partial charge in [-0.05, 0) is 99.3 Å². The Hall–Kier alpha value is -5.29. The molecular weight excluding hydrogens is 587 g/mol. The van der Waals surface area contributed by atoms with Crippen molar-refractivity contribution in [1.82, 2.24) is 4.98 Å². The predicted molar refractivity (Wildman–Crippen MR) is 197 cm³/mol. The van der Waals surface area contributed by atoms with Crippen molar-refractivity contribution in [2.75, 3.05) is 4.90 Å². The van der Waals surface area contributed by atoms with Gasteiger partial charge in [0.05, 0.1) is 0 Å². The van der Waals surface area contributed by atoms with Crippen LogP contribution in [0.15, 0.2) is 128 Å². The van der Waals surface area contributed by atoms with E-state index in [2.05, 4.69) is 136 Å². The van der Waals surface area contributed by atoms with Gasteiger partial charge in [0.15, 0.2) is 0 Å². The van der Waals surface area contributed by atoms with Crippen LogP contribution in [0, 0.1) is 0 Å². The third-order valence-electron chi connectivity index (χ3n) is 10.7. The molecular formula is C43H37BN2O2. The van der Waals surface area contributed by atoms with Gasteiger partial charge in [-0.1, -0.05) is 100 Å².